The summed E-state index contributed by atoms with van der Waals surface area (Å²) in [5.41, 5.74) is 1.77. The number of rotatable bonds is 3. The molecule has 0 bridgehead atoms. The highest BCUT2D eigenvalue weighted by molar-refractivity contribution is 9.10. The van der Waals surface area contributed by atoms with Gasteiger partial charge in [0, 0.05) is 15.7 Å². The van der Waals surface area contributed by atoms with Crippen molar-refractivity contribution in [2.24, 2.45) is 0 Å². The van der Waals surface area contributed by atoms with Gasteiger partial charge in [-0.2, -0.15) is 0 Å². The average molecular weight is 327 g/mol. The van der Waals surface area contributed by atoms with E-state index in [1.54, 1.807) is 6.07 Å². The number of anilines is 1. The smallest absolute Gasteiger partial charge is 0.120 e. The number of hydrogen-bond acceptors (Lipinski definition) is 2. The maximum absolute atomic E-state index is 9.78. The highest BCUT2D eigenvalue weighted by atomic mass is 79.9. The molecular formula is C14H13BrClNO. The first-order chi connectivity index (χ1) is 8.58. The number of benzene rings is 2. The van der Waals surface area contributed by atoms with E-state index in [0.29, 0.717) is 10.8 Å². The Hall–Kier alpha value is -1.19. The zero-order valence-corrected chi connectivity index (χ0v) is 12.2. The van der Waals surface area contributed by atoms with E-state index in [4.69, 9.17) is 11.6 Å². The van der Waals surface area contributed by atoms with Crippen molar-refractivity contribution in [1.82, 2.24) is 0 Å². The first kappa shape index (κ1) is 13.2. The third-order valence-electron chi connectivity index (χ3n) is 2.71. The minimum absolute atomic E-state index is 0.00319. The number of aromatic hydroxyl groups is 1. The highest BCUT2D eigenvalue weighted by Gasteiger charge is 2.09. The molecule has 0 saturated heterocycles. The van der Waals surface area contributed by atoms with Crippen LogP contribution in [0.3, 0.4) is 0 Å². The van der Waals surface area contributed by atoms with Gasteiger partial charge in [-0.25, -0.2) is 0 Å². The summed E-state index contributed by atoms with van der Waals surface area (Å²) in [6.07, 6.45) is 0. The van der Waals surface area contributed by atoms with Gasteiger partial charge in [-0.1, -0.05) is 29.8 Å². The molecular weight excluding hydrogens is 314 g/mol. The molecule has 1 atom stereocenters. The fraction of sp³-hybridized carbons (Fsp3) is 0.143. The Morgan fingerprint density at radius 2 is 1.94 bits per heavy atom. The molecule has 1 unspecified atom stereocenters. The Kier molecular flexibility index (Phi) is 4.15. The lowest BCUT2D eigenvalue weighted by Crippen LogP contribution is -2.06. The first-order valence-electron chi connectivity index (χ1n) is 5.57. The molecule has 0 aliphatic heterocycles. The molecule has 18 heavy (non-hydrogen) atoms. The molecule has 94 valence electrons. The van der Waals surface area contributed by atoms with Crippen LogP contribution >= 0.6 is 27.5 Å². The molecule has 0 saturated carbocycles. The second-order valence-electron chi connectivity index (χ2n) is 4.05. The Labute approximate surface area is 120 Å². The minimum atomic E-state index is 0.00319. The van der Waals surface area contributed by atoms with Gasteiger partial charge < -0.3 is 10.4 Å². The number of nitrogens with one attached hydrogen (secondary N) is 1. The molecule has 4 heteroatoms. The van der Waals surface area contributed by atoms with Gasteiger partial charge in [-0.3, -0.25) is 0 Å². The van der Waals surface area contributed by atoms with Crippen LogP contribution < -0.4 is 5.32 Å². The highest BCUT2D eigenvalue weighted by Crippen LogP contribution is 2.30. The monoisotopic (exact) mass is 325 g/mol. The molecule has 2 aromatic rings. The molecule has 2 aromatic carbocycles. The van der Waals surface area contributed by atoms with Crippen LogP contribution in [-0.2, 0) is 0 Å². The van der Waals surface area contributed by atoms with Crippen molar-refractivity contribution < 1.29 is 5.11 Å². The van der Waals surface area contributed by atoms with Gasteiger partial charge in [0.2, 0.25) is 0 Å². The number of halogens is 2. The quantitative estimate of drug-likeness (QED) is 0.833. The van der Waals surface area contributed by atoms with Gasteiger partial charge in [0.15, 0.2) is 0 Å². The standard InChI is InChI=1S/C14H13BrClNO/c1-9(11-4-2-3-5-14(11)18)17-10-6-7-12(15)13(16)8-10/h2-9,17-18H,1H3. The van der Waals surface area contributed by atoms with E-state index in [1.165, 1.54) is 0 Å². The van der Waals surface area contributed by atoms with Crippen LogP contribution in [0.15, 0.2) is 46.9 Å². The van der Waals surface area contributed by atoms with Crippen LogP contribution in [0.4, 0.5) is 5.69 Å². The molecule has 2 nitrogen and oxygen atoms in total. The maximum atomic E-state index is 9.78. The molecule has 0 aliphatic rings. The fourth-order valence-electron chi connectivity index (χ4n) is 1.77. The number of phenols is 1. The molecule has 0 amide bonds. The van der Waals surface area contributed by atoms with Gasteiger partial charge in [-0.15, -0.1) is 0 Å². The van der Waals surface area contributed by atoms with E-state index < -0.39 is 0 Å². The van der Waals surface area contributed by atoms with Crippen LogP contribution in [0.25, 0.3) is 0 Å². The molecule has 0 heterocycles. The van der Waals surface area contributed by atoms with E-state index in [1.807, 2.05) is 43.3 Å². The molecule has 0 spiro atoms. The SMILES string of the molecule is CC(Nc1ccc(Br)c(Cl)c1)c1ccccc1O. The first-order valence-corrected chi connectivity index (χ1v) is 6.74. The Bertz CT molecular complexity index is 559. The van der Waals surface area contributed by atoms with Crippen LogP contribution in [0.5, 0.6) is 5.75 Å². The molecule has 0 radical (unpaired) electrons. The zero-order valence-electron chi connectivity index (χ0n) is 9.82. The number of para-hydroxylation sites is 1. The second kappa shape index (κ2) is 5.63. The van der Waals surface area contributed by atoms with Crippen molar-refractivity contribution in [3.8, 4) is 5.75 Å². The lowest BCUT2D eigenvalue weighted by atomic mass is 10.1. The van der Waals surface area contributed by atoms with E-state index >= 15 is 0 Å². The minimum Gasteiger partial charge on any atom is -0.508 e. The van der Waals surface area contributed by atoms with Gasteiger partial charge in [-0.05, 0) is 47.1 Å². The van der Waals surface area contributed by atoms with Gasteiger partial charge in [0.25, 0.3) is 0 Å². The average Bonchev–Trinajstić information content (AvgIpc) is 2.34. The second-order valence-corrected chi connectivity index (χ2v) is 5.32. The van der Waals surface area contributed by atoms with Crippen LogP contribution in [0, 0.1) is 0 Å². The van der Waals surface area contributed by atoms with Crippen LogP contribution in [0.1, 0.15) is 18.5 Å². The van der Waals surface area contributed by atoms with E-state index in [9.17, 15) is 5.11 Å². The van der Waals surface area contributed by atoms with Crippen molar-refractivity contribution in [2.45, 2.75) is 13.0 Å². The predicted octanol–water partition coefficient (Wildman–Crippen LogP) is 4.98. The third-order valence-corrected chi connectivity index (χ3v) is 3.94. The Morgan fingerprint density at radius 1 is 1.22 bits per heavy atom. The van der Waals surface area contributed by atoms with Crippen LogP contribution in [0.2, 0.25) is 5.02 Å². The summed E-state index contributed by atoms with van der Waals surface area (Å²) in [6.45, 7) is 1.99. The summed E-state index contributed by atoms with van der Waals surface area (Å²) in [5.74, 6) is 0.292. The fourth-order valence-corrected chi connectivity index (χ4v) is 2.19. The normalized spacial score (nSPS) is 12.2. The van der Waals surface area contributed by atoms with Gasteiger partial charge in [0.1, 0.15) is 5.75 Å². The Morgan fingerprint density at radius 3 is 2.61 bits per heavy atom. The van der Waals surface area contributed by atoms with E-state index in [0.717, 1.165) is 15.7 Å². The summed E-state index contributed by atoms with van der Waals surface area (Å²) < 4.78 is 0.866. The largest absolute Gasteiger partial charge is 0.508 e. The lowest BCUT2D eigenvalue weighted by Gasteiger charge is -2.17. The third kappa shape index (κ3) is 2.98. The summed E-state index contributed by atoms with van der Waals surface area (Å²) >= 11 is 9.39. The van der Waals surface area contributed by atoms with Gasteiger partial charge in [0.05, 0.1) is 11.1 Å². The molecule has 0 fully saturated rings. The van der Waals surface area contributed by atoms with E-state index in [2.05, 4.69) is 21.2 Å². The van der Waals surface area contributed by atoms with Crippen molar-refractivity contribution in [3.05, 3.63) is 57.5 Å². The van der Waals surface area contributed by atoms with Crippen LogP contribution in [-0.4, -0.2) is 5.11 Å². The molecule has 2 N–H and O–H groups in total. The van der Waals surface area contributed by atoms with Crippen molar-refractivity contribution in [1.29, 1.82) is 0 Å². The molecule has 0 aliphatic carbocycles. The maximum Gasteiger partial charge on any atom is 0.120 e. The van der Waals surface area contributed by atoms with Crippen molar-refractivity contribution >= 4 is 33.2 Å². The predicted molar refractivity (Wildman–Crippen MR) is 79.3 cm³/mol. The van der Waals surface area contributed by atoms with E-state index in [-0.39, 0.29) is 6.04 Å². The zero-order chi connectivity index (χ0) is 13.1. The Balaban J connectivity index is 2.19. The lowest BCUT2D eigenvalue weighted by molar-refractivity contribution is 0.465. The van der Waals surface area contributed by atoms with Gasteiger partial charge >= 0.3 is 0 Å². The topological polar surface area (TPSA) is 32.3 Å². The number of hydrogen-bond donors (Lipinski definition) is 2. The van der Waals surface area contributed by atoms with Crippen molar-refractivity contribution in [3.63, 3.8) is 0 Å². The molecule has 2 rings (SSSR count). The molecule has 0 aromatic heterocycles. The summed E-state index contributed by atoms with van der Waals surface area (Å²) in [4.78, 5) is 0. The summed E-state index contributed by atoms with van der Waals surface area (Å²) in [5, 5.41) is 13.7. The summed E-state index contributed by atoms with van der Waals surface area (Å²) in [6, 6.07) is 13.0. The van der Waals surface area contributed by atoms with Crippen molar-refractivity contribution in [2.75, 3.05) is 5.32 Å². The summed E-state index contributed by atoms with van der Waals surface area (Å²) in [7, 11) is 0. The number of phenolic OH excluding ortho intramolecular Hbond substituents is 1.